The van der Waals surface area contributed by atoms with Gasteiger partial charge in [0.25, 0.3) is 5.91 Å². The van der Waals surface area contributed by atoms with Gasteiger partial charge in [-0.1, -0.05) is 46.3 Å². The number of aromatic nitrogens is 1. The molecule has 0 N–H and O–H groups in total. The number of carbonyl (C=O) groups excluding carboxylic acids is 1. The number of hydrogen-bond donors (Lipinski definition) is 0. The van der Waals surface area contributed by atoms with E-state index in [1.807, 2.05) is 48.7 Å². The van der Waals surface area contributed by atoms with Gasteiger partial charge in [0.2, 0.25) is 0 Å². The number of carbonyl (C=O) groups is 1. The second-order valence-corrected chi connectivity index (χ2v) is 7.40. The van der Waals surface area contributed by atoms with Gasteiger partial charge < -0.3 is 4.90 Å². The van der Waals surface area contributed by atoms with Crippen LogP contribution in [0.1, 0.15) is 22.3 Å². The van der Waals surface area contributed by atoms with Crippen LogP contribution in [0.25, 0.3) is 16.5 Å². The largest absolute Gasteiger partial charge is 0.302 e. The molecule has 2 heterocycles. The number of fused-ring (bicyclic) bond motifs is 1. The summed E-state index contributed by atoms with van der Waals surface area (Å²) >= 11 is 3.54. The fourth-order valence-corrected chi connectivity index (χ4v) is 3.71. The minimum atomic E-state index is 0.00322. The second kappa shape index (κ2) is 6.62. The predicted molar refractivity (Wildman–Crippen MR) is 106 cm³/mol. The Morgan fingerprint density at radius 3 is 2.64 bits per heavy atom. The summed E-state index contributed by atoms with van der Waals surface area (Å²) in [5, 5.41) is 1.13. The topological polar surface area (TPSA) is 25.2 Å². The molecule has 0 saturated heterocycles. The van der Waals surface area contributed by atoms with E-state index < -0.39 is 0 Å². The van der Waals surface area contributed by atoms with Crippen molar-refractivity contribution >= 4 is 38.3 Å². The van der Waals surface area contributed by atoms with E-state index in [0.29, 0.717) is 5.56 Å². The highest BCUT2D eigenvalue weighted by molar-refractivity contribution is 9.10. The summed E-state index contributed by atoms with van der Waals surface area (Å²) in [4.78, 5) is 15.3. The van der Waals surface area contributed by atoms with Gasteiger partial charge in [-0.2, -0.15) is 0 Å². The lowest BCUT2D eigenvalue weighted by Gasteiger charge is -2.21. The Hall–Kier alpha value is -2.17. The molecule has 0 amide bonds. The van der Waals surface area contributed by atoms with Crippen LogP contribution in [0.2, 0.25) is 0 Å². The van der Waals surface area contributed by atoms with Crippen LogP contribution in [0.3, 0.4) is 0 Å². The van der Waals surface area contributed by atoms with Crippen LogP contribution in [0.15, 0.2) is 65.3 Å². The van der Waals surface area contributed by atoms with Crippen LogP contribution >= 0.6 is 15.9 Å². The fourth-order valence-electron chi connectivity index (χ4n) is 3.36. The summed E-state index contributed by atoms with van der Waals surface area (Å²) in [7, 11) is 2.13. The molecule has 0 fully saturated rings. The summed E-state index contributed by atoms with van der Waals surface area (Å²) in [6.45, 7) is 1.99. The SMILES string of the molecule is CN1CC=C(c2cn(C(=O)c3ccccc3)c3cc(Br)ccc23)CC1. The normalized spacial score (nSPS) is 15.4. The number of halogens is 1. The van der Waals surface area contributed by atoms with E-state index in [9.17, 15) is 4.79 Å². The molecule has 126 valence electrons. The van der Waals surface area contributed by atoms with E-state index in [2.05, 4.69) is 40.0 Å². The highest BCUT2D eigenvalue weighted by atomic mass is 79.9. The third-order valence-corrected chi connectivity index (χ3v) is 5.26. The van der Waals surface area contributed by atoms with Crippen molar-refractivity contribution < 1.29 is 4.79 Å². The number of benzene rings is 2. The molecule has 3 aromatic rings. The van der Waals surface area contributed by atoms with E-state index in [1.54, 1.807) is 4.57 Å². The summed E-state index contributed by atoms with van der Waals surface area (Å²) in [6.07, 6.45) is 5.28. The maximum atomic E-state index is 13.0. The lowest BCUT2D eigenvalue weighted by Crippen LogP contribution is -2.23. The highest BCUT2D eigenvalue weighted by Gasteiger charge is 2.19. The molecule has 0 unspecified atom stereocenters. The number of likely N-dealkylation sites (N-methyl/N-ethyl adjacent to an activating group) is 1. The van der Waals surface area contributed by atoms with E-state index >= 15 is 0 Å². The summed E-state index contributed by atoms with van der Waals surface area (Å²) in [5.41, 5.74) is 4.13. The standard InChI is InChI=1S/C21H19BrN2O/c1-23-11-9-15(10-12-23)19-14-24(20-13-17(22)7-8-18(19)20)21(25)16-5-3-2-4-6-16/h2-9,13-14H,10-12H2,1H3. The van der Waals surface area contributed by atoms with Crippen LogP contribution in [-0.2, 0) is 0 Å². The van der Waals surface area contributed by atoms with E-state index in [1.165, 1.54) is 11.1 Å². The molecular weight excluding hydrogens is 376 g/mol. The number of nitrogens with zero attached hydrogens (tertiary/aromatic N) is 2. The van der Waals surface area contributed by atoms with E-state index in [4.69, 9.17) is 0 Å². The number of rotatable bonds is 2. The Morgan fingerprint density at radius 1 is 1.12 bits per heavy atom. The highest BCUT2D eigenvalue weighted by Crippen LogP contribution is 2.32. The van der Waals surface area contributed by atoms with Gasteiger partial charge in [-0.15, -0.1) is 0 Å². The van der Waals surface area contributed by atoms with Crippen molar-refractivity contribution in [3.8, 4) is 0 Å². The zero-order valence-electron chi connectivity index (χ0n) is 14.1. The second-order valence-electron chi connectivity index (χ2n) is 6.49. The molecule has 0 aliphatic carbocycles. The molecule has 1 aliphatic rings. The quantitative estimate of drug-likeness (QED) is 0.622. The molecule has 0 radical (unpaired) electrons. The molecule has 0 spiro atoms. The molecule has 1 aliphatic heterocycles. The minimum absolute atomic E-state index is 0.00322. The lowest BCUT2D eigenvalue weighted by molar-refractivity contribution is 0.0965. The molecule has 4 rings (SSSR count). The minimum Gasteiger partial charge on any atom is -0.302 e. The van der Waals surface area contributed by atoms with Gasteiger partial charge in [-0.25, -0.2) is 0 Å². The predicted octanol–water partition coefficient (Wildman–Crippen LogP) is 4.81. The first kappa shape index (κ1) is 16.3. The molecule has 1 aromatic heterocycles. The maximum Gasteiger partial charge on any atom is 0.262 e. The van der Waals surface area contributed by atoms with Crippen molar-refractivity contribution in [1.29, 1.82) is 0 Å². The maximum absolute atomic E-state index is 13.0. The van der Waals surface area contributed by atoms with E-state index in [0.717, 1.165) is 34.9 Å². The Labute approximate surface area is 155 Å². The zero-order chi connectivity index (χ0) is 17.4. The van der Waals surface area contributed by atoms with Crippen LogP contribution in [0, 0.1) is 0 Å². The van der Waals surface area contributed by atoms with Gasteiger partial charge in [0, 0.05) is 40.3 Å². The first-order valence-electron chi connectivity index (χ1n) is 8.42. The molecule has 4 heteroatoms. The lowest BCUT2D eigenvalue weighted by atomic mass is 9.99. The average Bonchev–Trinajstić information content (AvgIpc) is 3.01. The van der Waals surface area contributed by atoms with E-state index in [-0.39, 0.29) is 5.91 Å². The molecule has 3 nitrogen and oxygen atoms in total. The molecule has 25 heavy (non-hydrogen) atoms. The molecule has 0 atom stereocenters. The summed E-state index contributed by atoms with van der Waals surface area (Å²) in [5.74, 6) is 0.00322. The third kappa shape index (κ3) is 3.08. The monoisotopic (exact) mass is 394 g/mol. The number of hydrogen-bond acceptors (Lipinski definition) is 2. The van der Waals surface area contributed by atoms with Crippen molar-refractivity contribution in [2.75, 3.05) is 20.1 Å². The van der Waals surface area contributed by atoms with Crippen LogP contribution < -0.4 is 0 Å². The molecular formula is C21H19BrN2O. The Morgan fingerprint density at radius 2 is 1.92 bits per heavy atom. The van der Waals surface area contributed by atoms with Gasteiger partial charge in [-0.3, -0.25) is 9.36 Å². The Balaban J connectivity index is 1.88. The molecule has 0 bridgehead atoms. The molecule has 0 saturated carbocycles. The Bertz CT molecular complexity index is 972. The van der Waals surface area contributed by atoms with Crippen molar-refractivity contribution in [3.05, 3.63) is 76.4 Å². The average molecular weight is 395 g/mol. The molecule has 2 aromatic carbocycles. The van der Waals surface area contributed by atoms with Crippen molar-refractivity contribution in [2.45, 2.75) is 6.42 Å². The fraction of sp³-hybridized carbons (Fsp3) is 0.190. The van der Waals surface area contributed by atoms with Gasteiger partial charge in [0.05, 0.1) is 5.52 Å². The van der Waals surface area contributed by atoms with Crippen molar-refractivity contribution in [3.63, 3.8) is 0 Å². The zero-order valence-corrected chi connectivity index (χ0v) is 15.7. The van der Waals surface area contributed by atoms with Gasteiger partial charge >= 0.3 is 0 Å². The Kier molecular flexibility index (Phi) is 4.32. The first-order chi connectivity index (χ1) is 12.1. The van der Waals surface area contributed by atoms with Gasteiger partial charge in [0.15, 0.2) is 0 Å². The van der Waals surface area contributed by atoms with Crippen LogP contribution in [-0.4, -0.2) is 35.5 Å². The van der Waals surface area contributed by atoms with Gasteiger partial charge in [-0.05, 0) is 43.3 Å². The van der Waals surface area contributed by atoms with Crippen molar-refractivity contribution in [1.82, 2.24) is 9.47 Å². The smallest absolute Gasteiger partial charge is 0.262 e. The summed E-state index contributed by atoms with van der Waals surface area (Å²) < 4.78 is 2.76. The summed E-state index contributed by atoms with van der Waals surface area (Å²) in [6, 6.07) is 15.6. The van der Waals surface area contributed by atoms with Crippen LogP contribution in [0.5, 0.6) is 0 Å². The van der Waals surface area contributed by atoms with Gasteiger partial charge in [0.1, 0.15) is 0 Å². The first-order valence-corrected chi connectivity index (χ1v) is 9.21. The van der Waals surface area contributed by atoms with Crippen molar-refractivity contribution in [2.24, 2.45) is 0 Å². The van der Waals surface area contributed by atoms with Crippen LogP contribution in [0.4, 0.5) is 0 Å². The third-order valence-electron chi connectivity index (χ3n) is 4.77.